The van der Waals surface area contributed by atoms with E-state index >= 15 is 0 Å². The van der Waals surface area contributed by atoms with Crippen LogP contribution in [0, 0.1) is 0 Å². The van der Waals surface area contributed by atoms with Crippen molar-refractivity contribution in [2.75, 3.05) is 13.1 Å². The molecule has 3 heterocycles. The molecule has 1 aliphatic heterocycles. The van der Waals surface area contributed by atoms with Crippen LogP contribution < -0.4 is 5.56 Å². The first-order chi connectivity index (χ1) is 11.8. The number of hydrogen-bond donors (Lipinski definition) is 0. The molecule has 0 unspecified atom stereocenters. The summed E-state index contributed by atoms with van der Waals surface area (Å²) < 4.78 is 1.81. The number of fused-ring (bicyclic) bond motifs is 1. The first-order valence-corrected chi connectivity index (χ1v) is 8.38. The van der Waals surface area contributed by atoms with Crippen LogP contribution in [-0.2, 0) is 6.54 Å². The molecular weight excluding hydrogens is 300 g/mol. The van der Waals surface area contributed by atoms with E-state index in [9.17, 15) is 4.79 Å². The number of nitrogens with zero attached hydrogens (tertiary/aromatic N) is 4. The van der Waals surface area contributed by atoms with Crippen LogP contribution in [0.4, 0.5) is 0 Å². The van der Waals surface area contributed by atoms with Crippen molar-refractivity contribution in [2.24, 2.45) is 0 Å². The van der Waals surface area contributed by atoms with Gasteiger partial charge in [-0.2, -0.15) is 0 Å². The highest BCUT2D eigenvalue weighted by Crippen LogP contribution is 2.22. The van der Waals surface area contributed by atoms with Gasteiger partial charge < -0.3 is 0 Å². The molecule has 122 valence electrons. The van der Waals surface area contributed by atoms with Crippen LogP contribution in [0.5, 0.6) is 0 Å². The molecule has 2 aromatic heterocycles. The second-order valence-corrected chi connectivity index (χ2v) is 6.37. The van der Waals surface area contributed by atoms with Gasteiger partial charge in [-0.05, 0) is 31.0 Å². The Morgan fingerprint density at radius 2 is 2.04 bits per heavy atom. The van der Waals surface area contributed by atoms with Crippen LogP contribution in [0.2, 0.25) is 0 Å². The van der Waals surface area contributed by atoms with Gasteiger partial charge in [0.25, 0.3) is 5.56 Å². The van der Waals surface area contributed by atoms with E-state index in [0.717, 1.165) is 32.5 Å². The Hall–Kier alpha value is -2.53. The van der Waals surface area contributed by atoms with Crippen LogP contribution in [0.25, 0.3) is 10.9 Å². The number of pyridine rings is 1. The van der Waals surface area contributed by atoms with E-state index in [1.165, 1.54) is 5.56 Å². The number of benzene rings is 1. The molecule has 0 radical (unpaired) electrons. The second-order valence-electron chi connectivity index (χ2n) is 6.37. The molecule has 1 fully saturated rings. The van der Waals surface area contributed by atoms with Crippen LogP contribution >= 0.6 is 0 Å². The molecule has 24 heavy (non-hydrogen) atoms. The van der Waals surface area contributed by atoms with Gasteiger partial charge in [0.15, 0.2) is 0 Å². The van der Waals surface area contributed by atoms with Crippen molar-refractivity contribution in [1.82, 2.24) is 19.4 Å². The topological polar surface area (TPSA) is 51.0 Å². The van der Waals surface area contributed by atoms with E-state index in [0.29, 0.717) is 10.9 Å². The summed E-state index contributed by atoms with van der Waals surface area (Å²) in [7, 11) is 0. The van der Waals surface area contributed by atoms with Crippen LogP contribution in [0.1, 0.15) is 24.4 Å². The molecule has 0 saturated carbocycles. The molecule has 1 saturated heterocycles. The standard InChI is InChI=1S/C19H20N4O/c24-19-17-8-9-20-11-18(17)21-14-23(19)16-7-4-10-22(13-16)12-15-5-2-1-3-6-15/h1-3,5-6,8-9,11,14,16H,4,7,10,12-13H2/t16-/m1/s1. The third-order valence-electron chi connectivity index (χ3n) is 4.71. The smallest absolute Gasteiger partial charge is 0.261 e. The van der Waals surface area contributed by atoms with E-state index in [4.69, 9.17) is 0 Å². The molecule has 0 N–H and O–H groups in total. The fraction of sp³-hybridized carbons (Fsp3) is 0.316. The Bertz CT molecular complexity index is 891. The fourth-order valence-electron chi connectivity index (χ4n) is 3.49. The van der Waals surface area contributed by atoms with E-state index in [2.05, 4.69) is 39.1 Å². The first kappa shape index (κ1) is 15.0. The lowest BCUT2D eigenvalue weighted by atomic mass is 10.0. The molecule has 1 aromatic carbocycles. The predicted molar refractivity (Wildman–Crippen MR) is 93.8 cm³/mol. The van der Waals surface area contributed by atoms with Crippen molar-refractivity contribution in [3.63, 3.8) is 0 Å². The highest BCUT2D eigenvalue weighted by atomic mass is 16.1. The number of aromatic nitrogens is 3. The minimum Gasteiger partial charge on any atom is -0.297 e. The van der Waals surface area contributed by atoms with Crippen LogP contribution in [0.3, 0.4) is 0 Å². The lowest BCUT2D eigenvalue weighted by molar-refractivity contribution is 0.168. The molecule has 0 aliphatic carbocycles. The summed E-state index contributed by atoms with van der Waals surface area (Å²) in [6.07, 6.45) is 7.09. The Labute approximate surface area is 140 Å². The number of piperidine rings is 1. The summed E-state index contributed by atoms with van der Waals surface area (Å²) in [4.78, 5) is 23.6. The number of hydrogen-bond acceptors (Lipinski definition) is 4. The molecule has 5 heteroatoms. The zero-order valence-electron chi connectivity index (χ0n) is 13.5. The molecule has 1 atom stereocenters. The fourth-order valence-corrected chi connectivity index (χ4v) is 3.49. The third-order valence-corrected chi connectivity index (χ3v) is 4.71. The zero-order chi connectivity index (χ0) is 16.4. The lowest BCUT2D eigenvalue weighted by Gasteiger charge is -2.33. The second kappa shape index (κ2) is 6.53. The van der Waals surface area contributed by atoms with E-state index in [-0.39, 0.29) is 11.6 Å². The van der Waals surface area contributed by atoms with Crippen molar-refractivity contribution < 1.29 is 0 Å². The van der Waals surface area contributed by atoms with Crippen LogP contribution in [0.15, 0.2) is 59.9 Å². The third kappa shape index (κ3) is 2.95. The summed E-state index contributed by atoms with van der Waals surface area (Å²) in [5.41, 5.74) is 2.01. The lowest BCUT2D eigenvalue weighted by Crippen LogP contribution is -2.39. The Kier molecular flexibility index (Phi) is 4.09. The minimum atomic E-state index is 0.0361. The molecule has 1 aliphatic rings. The average molecular weight is 320 g/mol. The van der Waals surface area contributed by atoms with Gasteiger partial charge in [-0.3, -0.25) is 19.2 Å². The quantitative estimate of drug-likeness (QED) is 0.744. The van der Waals surface area contributed by atoms with Gasteiger partial charge in [-0.1, -0.05) is 30.3 Å². The van der Waals surface area contributed by atoms with Crippen LogP contribution in [-0.4, -0.2) is 32.5 Å². The molecule has 5 nitrogen and oxygen atoms in total. The highest BCUT2D eigenvalue weighted by molar-refractivity contribution is 5.75. The largest absolute Gasteiger partial charge is 0.297 e. The van der Waals surface area contributed by atoms with Crippen molar-refractivity contribution in [2.45, 2.75) is 25.4 Å². The summed E-state index contributed by atoms with van der Waals surface area (Å²) in [5.74, 6) is 0. The summed E-state index contributed by atoms with van der Waals surface area (Å²) in [6.45, 7) is 2.88. The van der Waals surface area contributed by atoms with Gasteiger partial charge in [0.2, 0.25) is 0 Å². The van der Waals surface area contributed by atoms with Crippen molar-refractivity contribution in [1.29, 1.82) is 0 Å². The van der Waals surface area contributed by atoms with Gasteiger partial charge in [-0.25, -0.2) is 4.98 Å². The minimum absolute atomic E-state index is 0.0361. The molecule has 4 rings (SSSR count). The molecule has 0 bridgehead atoms. The van der Waals surface area contributed by atoms with Gasteiger partial charge in [-0.15, -0.1) is 0 Å². The summed E-state index contributed by atoms with van der Waals surface area (Å²) in [5, 5.41) is 0.646. The van der Waals surface area contributed by atoms with E-state index in [1.807, 2.05) is 6.07 Å². The Morgan fingerprint density at radius 1 is 1.17 bits per heavy atom. The summed E-state index contributed by atoms with van der Waals surface area (Å²) in [6, 6.07) is 12.4. The maximum atomic E-state index is 12.8. The van der Waals surface area contributed by atoms with Gasteiger partial charge in [0.1, 0.15) is 0 Å². The first-order valence-electron chi connectivity index (χ1n) is 8.38. The monoisotopic (exact) mass is 320 g/mol. The van der Waals surface area contributed by atoms with Crippen molar-refractivity contribution in [3.05, 3.63) is 71.0 Å². The Morgan fingerprint density at radius 3 is 2.92 bits per heavy atom. The van der Waals surface area contributed by atoms with E-state index < -0.39 is 0 Å². The Balaban J connectivity index is 1.58. The molecular formula is C19H20N4O. The predicted octanol–water partition coefficient (Wildman–Crippen LogP) is 2.63. The van der Waals surface area contributed by atoms with Gasteiger partial charge in [0, 0.05) is 19.3 Å². The maximum Gasteiger partial charge on any atom is 0.261 e. The SMILES string of the molecule is O=c1c2ccncc2ncn1[C@@H]1CCCN(Cc2ccccc2)C1. The normalized spacial score (nSPS) is 18.8. The van der Waals surface area contributed by atoms with Crippen molar-refractivity contribution >= 4 is 10.9 Å². The maximum absolute atomic E-state index is 12.8. The average Bonchev–Trinajstić information content (AvgIpc) is 2.63. The van der Waals surface area contributed by atoms with Gasteiger partial charge in [0.05, 0.1) is 29.5 Å². The zero-order valence-corrected chi connectivity index (χ0v) is 13.5. The van der Waals surface area contributed by atoms with Gasteiger partial charge >= 0.3 is 0 Å². The van der Waals surface area contributed by atoms with Crippen molar-refractivity contribution in [3.8, 4) is 0 Å². The summed E-state index contributed by atoms with van der Waals surface area (Å²) >= 11 is 0. The number of likely N-dealkylation sites (tertiary alicyclic amines) is 1. The van der Waals surface area contributed by atoms with E-state index in [1.54, 1.807) is 29.4 Å². The molecule has 0 amide bonds. The highest BCUT2D eigenvalue weighted by Gasteiger charge is 2.22. The number of rotatable bonds is 3. The molecule has 3 aromatic rings. The molecule has 0 spiro atoms.